The minimum absolute atomic E-state index is 0.0615. The van der Waals surface area contributed by atoms with Crippen molar-refractivity contribution in [2.45, 2.75) is 13.8 Å². The summed E-state index contributed by atoms with van der Waals surface area (Å²) in [7, 11) is 1.91. The number of hydrogen-bond acceptors (Lipinski definition) is 4. The highest BCUT2D eigenvalue weighted by Crippen LogP contribution is 2.34. The second-order valence-corrected chi connectivity index (χ2v) is 6.17. The van der Waals surface area contributed by atoms with E-state index < -0.39 is 0 Å². The Bertz CT molecular complexity index is 1110. The molecule has 0 fully saturated rings. The number of Topliss-reactive ketones (excluding diaryl/α,β-unsaturated/α-hetero) is 1. The Hall–Kier alpha value is -3.21. The molecule has 5 heteroatoms. The summed E-state index contributed by atoms with van der Waals surface area (Å²) in [6.45, 7) is 3.56. The smallest absolute Gasteiger partial charge is 0.160 e. The van der Waals surface area contributed by atoms with E-state index in [2.05, 4.69) is 16.5 Å². The van der Waals surface area contributed by atoms with Gasteiger partial charge in [0.1, 0.15) is 0 Å². The number of ketones is 1. The van der Waals surface area contributed by atoms with Gasteiger partial charge in [-0.05, 0) is 44.2 Å². The van der Waals surface area contributed by atoms with Crippen LogP contribution in [0, 0.1) is 6.92 Å². The standard InChI is InChI=1S/C20H18N4O/c1-12-18-19(21-15-10-8-14(9-11-15)13(2)25)16-6-4-5-7-17(16)22-20(18)24(3)23-12/h4-11H,1-3H3,(H,21,22). The Morgan fingerprint density at radius 1 is 1.08 bits per heavy atom. The zero-order valence-electron chi connectivity index (χ0n) is 14.4. The molecule has 4 rings (SSSR count). The van der Waals surface area contributed by atoms with Crippen molar-refractivity contribution >= 4 is 39.1 Å². The molecule has 0 saturated carbocycles. The summed E-state index contributed by atoms with van der Waals surface area (Å²) in [5.41, 5.74) is 5.30. The molecule has 5 nitrogen and oxygen atoms in total. The quantitative estimate of drug-likeness (QED) is 0.566. The average molecular weight is 330 g/mol. The number of nitrogens with one attached hydrogen (secondary N) is 1. The number of anilines is 2. The van der Waals surface area contributed by atoms with Gasteiger partial charge in [-0.15, -0.1) is 0 Å². The van der Waals surface area contributed by atoms with Gasteiger partial charge in [-0.2, -0.15) is 5.10 Å². The third-order valence-corrected chi connectivity index (χ3v) is 4.40. The lowest BCUT2D eigenvalue weighted by molar-refractivity contribution is 0.101. The van der Waals surface area contributed by atoms with Crippen LogP contribution in [0.5, 0.6) is 0 Å². The maximum absolute atomic E-state index is 11.5. The normalized spacial score (nSPS) is 11.2. The van der Waals surface area contributed by atoms with Crippen LogP contribution < -0.4 is 5.32 Å². The molecule has 0 aliphatic heterocycles. The zero-order valence-corrected chi connectivity index (χ0v) is 14.4. The van der Waals surface area contributed by atoms with E-state index in [0.717, 1.165) is 39.0 Å². The largest absolute Gasteiger partial charge is 0.354 e. The van der Waals surface area contributed by atoms with Crippen LogP contribution in [0.2, 0.25) is 0 Å². The van der Waals surface area contributed by atoms with Crippen molar-refractivity contribution in [1.82, 2.24) is 14.8 Å². The third kappa shape index (κ3) is 2.54. The minimum atomic E-state index is 0.0615. The number of carbonyl (C=O) groups excluding carboxylic acids is 1. The zero-order chi connectivity index (χ0) is 17.6. The first-order valence-electron chi connectivity index (χ1n) is 8.14. The minimum Gasteiger partial charge on any atom is -0.354 e. The molecule has 0 saturated heterocycles. The molecule has 0 bridgehead atoms. The Morgan fingerprint density at radius 2 is 1.80 bits per heavy atom. The fraction of sp³-hybridized carbons (Fsp3) is 0.150. The molecule has 4 aromatic rings. The van der Waals surface area contributed by atoms with Gasteiger partial charge in [-0.25, -0.2) is 4.98 Å². The maximum atomic E-state index is 11.5. The number of benzene rings is 2. The van der Waals surface area contributed by atoms with Crippen LogP contribution in [-0.2, 0) is 7.05 Å². The number of fused-ring (bicyclic) bond motifs is 2. The first-order valence-corrected chi connectivity index (χ1v) is 8.14. The molecule has 0 atom stereocenters. The lowest BCUT2D eigenvalue weighted by atomic mass is 10.1. The Labute approximate surface area is 145 Å². The summed E-state index contributed by atoms with van der Waals surface area (Å²) in [5.74, 6) is 0.0615. The fourth-order valence-electron chi connectivity index (χ4n) is 3.16. The average Bonchev–Trinajstić information content (AvgIpc) is 2.89. The van der Waals surface area contributed by atoms with Crippen LogP contribution in [0.15, 0.2) is 48.5 Å². The monoisotopic (exact) mass is 330 g/mol. The fourth-order valence-corrected chi connectivity index (χ4v) is 3.16. The van der Waals surface area contributed by atoms with Crippen LogP contribution in [0.4, 0.5) is 11.4 Å². The predicted molar refractivity (Wildman–Crippen MR) is 100 cm³/mol. The summed E-state index contributed by atoms with van der Waals surface area (Å²) in [6, 6.07) is 15.6. The molecule has 2 aromatic carbocycles. The highest BCUT2D eigenvalue weighted by Gasteiger charge is 2.15. The van der Waals surface area contributed by atoms with Crippen molar-refractivity contribution in [1.29, 1.82) is 0 Å². The maximum Gasteiger partial charge on any atom is 0.160 e. The molecule has 0 aliphatic rings. The highest BCUT2D eigenvalue weighted by molar-refractivity contribution is 6.09. The molecule has 124 valence electrons. The molecule has 0 spiro atoms. The van der Waals surface area contributed by atoms with Crippen molar-refractivity contribution in [3.05, 3.63) is 59.8 Å². The van der Waals surface area contributed by atoms with Gasteiger partial charge >= 0.3 is 0 Å². The summed E-state index contributed by atoms with van der Waals surface area (Å²) < 4.78 is 1.81. The van der Waals surface area contributed by atoms with Crippen molar-refractivity contribution in [2.75, 3.05) is 5.32 Å². The summed E-state index contributed by atoms with van der Waals surface area (Å²) in [4.78, 5) is 16.2. The van der Waals surface area contributed by atoms with Crippen molar-refractivity contribution < 1.29 is 4.79 Å². The molecule has 2 heterocycles. The van der Waals surface area contributed by atoms with Crippen molar-refractivity contribution in [3.8, 4) is 0 Å². The molecule has 0 radical (unpaired) electrons. The van der Waals surface area contributed by atoms with Crippen LogP contribution in [-0.4, -0.2) is 20.5 Å². The molecule has 2 aromatic heterocycles. The molecule has 0 aliphatic carbocycles. The number of aryl methyl sites for hydroxylation is 2. The first kappa shape index (κ1) is 15.3. The number of rotatable bonds is 3. The van der Waals surface area contributed by atoms with Crippen LogP contribution in [0.3, 0.4) is 0 Å². The number of aromatic nitrogens is 3. The van der Waals surface area contributed by atoms with Crippen molar-refractivity contribution in [2.24, 2.45) is 7.05 Å². The lowest BCUT2D eigenvalue weighted by Gasteiger charge is -2.12. The van der Waals surface area contributed by atoms with E-state index >= 15 is 0 Å². The van der Waals surface area contributed by atoms with Gasteiger partial charge in [-0.1, -0.05) is 18.2 Å². The van der Waals surface area contributed by atoms with E-state index in [9.17, 15) is 4.79 Å². The first-order chi connectivity index (χ1) is 12.0. The van der Waals surface area contributed by atoms with Gasteiger partial charge in [0.05, 0.1) is 22.3 Å². The van der Waals surface area contributed by atoms with Crippen molar-refractivity contribution in [3.63, 3.8) is 0 Å². The molecule has 1 N–H and O–H groups in total. The Morgan fingerprint density at radius 3 is 2.52 bits per heavy atom. The number of pyridine rings is 1. The third-order valence-electron chi connectivity index (χ3n) is 4.40. The van der Waals surface area contributed by atoms with E-state index in [0.29, 0.717) is 5.56 Å². The van der Waals surface area contributed by atoms with Gasteiger partial charge in [0, 0.05) is 23.7 Å². The predicted octanol–water partition coefficient (Wildman–Crippen LogP) is 4.38. The molecular formula is C20H18N4O. The van der Waals surface area contributed by atoms with Gasteiger partial charge < -0.3 is 5.32 Å². The highest BCUT2D eigenvalue weighted by atomic mass is 16.1. The topological polar surface area (TPSA) is 59.8 Å². The van der Waals surface area contributed by atoms with E-state index in [4.69, 9.17) is 4.98 Å². The van der Waals surface area contributed by atoms with E-state index in [1.807, 2.05) is 56.4 Å². The van der Waals surface area contributed by atoms with E-state index in [-0.39, 0.29) is 5.78 Å². The molecule has 25 heavy (non-hydrogen) atoms. The summed E-state index contributed by atoms with van der Waals surface area (Å²) >= 11 is 0. The number of hydrogen-bond donors (Lipinski definition) is 1. The number of carbonyl (C=O) groups is 1. The van der Waals surface area contributed by atoms with E-state index in [1.165, 1.54) is 0 Å². The molecular weight excluding hydrogens is 312 g/mol. The summed E-state index contributed by atoms with van der Waals surface area (Å²) in [5, 5.41) is 10.1. The second-order valence-electron chi connectivity index (χ2n) is 6.17. The Kier molecular flexibility index (Phi) is 3.50. The molecule has 0 amide bonds. The SMILES string of the molecule is CC(=O)c1ccc(Nc2c3ccccc3nc3c2c(C)nn3C)cc1. The number of nitrogens with zero attached hydrogens (tertiary/aromatic N) is 3. The molecule has 0 unspecified atom stereocenters. The van der Waals surface area contributed by atoms with Gasteiger partial charge in [0.2, 0.25) is 0 Å². The lowest BCUT2D eigenvalue weighted by Crippen LogP contribution is -1.98. The van der Waals surface area contributed by atoms with Gasteiger partial charge in [0.25, 0.3) is 0 Å². The van der Waals surface area contributed by atoms with E-state index in [1.54, 1.807) is 11.6 Å². The van der Waals surface area contributed by atoms with Gasteiger partial charge in [0.15, 0.2) is 11.4 Å². The van der Waals surface area contributed by atoms with Crippen LogP contribution >= 0.6 is 0 Å². The van der Waals surface area contributed by atoms with Crippen LogP contribution in [0.25, 0.3) is 21.9 Å². The second kappa shape index (κ2) is 5.70. The van der Waals surface area contributed by atoms with Gasteiger partial charge in [-0.3, -0.25) is 9.48 Å². The summed E-state index contributed by atoms with van der Waals surface area (Å²) in [6.07, 6.45) is 0. The Balaban J connectivity index is 1.93. The number of para-hydroxylation sites is 1. The van der Waals surface area contributed by atoms with Crippen LogP contribution in [0.1, 0.15) is 23.0 Å².